The number of ketones is 1. The van der Waals surface area contributed by atoms with Crippen LogP contribution in [0.5, 0.6) is 0 Å². The van der Waals surface area contributed by atoms with Gasteiger partial charge in [-0.3, -0.25) is 9.59 Å². The molecule has 0 fully saturated rings. The van der Waals surface area contributed by atoms with Crippen molar-refractivity contribution in [2.75, 3.05) is 0 Å². The largest absolute Gasteiger partial charge is 0.481 e. The summed E-state index contributed by atoms with van der Waals surface area (Å²) in [4.78, 5) is 22.8. The summed E-state index contributed by atoms with van der Waals surface area (Å²) >= 11 is 0. The monoisotopic (exact) mass is 220 g/mol. The third-order valence-corrected chi connectivity index (χ3v) is 2.59. The Morgan fingerprint density at radius 3 is 2.19 bits per heavy atom. The fourth-order valence-electron chi connectivity index (χ4n) is 1.64. The Morgan fingerprint density at radius 2 is 1.75 bits per heavy atom. The van der Waals surface area contributed by atoms with E-state index in [0.29, 0.717) is 5.56 Å². The van der Waals surface area contributed by atoms with E-state index in [4.69, 9.17) is 5.11 Å². The molecule has 0 aliphatic carbocycles. The maximum Gasteiger partial charge on any atom is 0.304 e. The normalized spacial score (nSPS) is 12.4. The highest BCUT2D eigenvalue weighted by Gasteiger charge is 2.25. The quantitative estimate of drug-likeness (QED) is 0.776. The number of hydrogen-bond donors (Lipinski definition) is 1. The number of carboxylic acids is 1. The molecular weight excluding hydrogens is 204 g/mol. The molecule has 0 aliphatic heterocycles. The van der Waals surface area contributed by atoms with Crippen LogP contribution in [0.3, 0.4) is 0 Å². The van der Waals surface area contributed by atoms with Crippen molar-refractivity contribution in [2.24, 2.45) is 11.8 Å². The zero-order chi connectivity index (χ0) is 12.1. The summed E-state index contributed by atoms with van der Waals surface area (Å²) in [5.74, 6) is -1.43. The van der Waals surface area contributed by atoms with Crippen molar-refractivity contribution in [1.29, 1.82) is 0 Å². The molecule has 3 heteroatoms. The molecule has 1 N–H and O–H groups in total. The Kier molecular flexibility index (Phi) is 4.23. The van der Waals surface area contributed by atoms with Gasteiger partial charge in [-0.15, -0.1) is 0 Å². The standard InChI is InChI=1S/C13H16O3/c1-9(2)11(8-12(14)15)13(16)10-6-4-3-5-7-10/h3-7,9,11H,8H2,1-2H3,(H,14,15). The van der Waals surface area contributed by atoms with E-state index in [1.54, 1.807) is 24.3 Å². The van der Waals surface area contributed by atoms with Crippen molar-refractivity contribution in [3.05, 3.63) is 35.9 Å². The van der Waals surface area contributed by atoms with Crippen LogP contribution in [0.15, 0.2) is 30.3 Å². The maximum absolute atomic E-state index is 12.1. The van der Waals surface area contributed by atoms with Gasteiger partial charge in [0.05, 0.1) is 6.42 Å². The summed E-state index contributed by atoms with van der Waals surface area (Å²) in [6.07, 6.45) is -0.106. The number of carbonyl (C=O) groups is 2. The Morgan fingerprint density at radius 1 is 1.19 bits per heavy atom. The van der Waals surface area contributed by atoms with Crippen LogP contribution in [-0.2, 0) is 4.79 Å². The minimum absolute atomic E-state index is 0.0313. The van der Waals surface area contributed by atoms with Crippen LogP contribution in [0.2, 0.25) is 0 Å². The predicted octanol–water partition coefficient (Wildman–Crippen LogP) is 2.62. The van der Waals surface area contributed by atoms with Crippen LogP contribution in [0.1, 0.15) is 30.6 Å². The number of aliphatic carboxylic acids is 1. The first kappa shape index (κ1) is 12.4. The van der Waals surface area contributed by atoms with Crippen LogP contribution < -0.4 is 0 Å². The molecular formula is C13H16O3. The van der Waals surface area contributed by atoms with E-state index in [1.165, 1.54) is 0 Å². The van der Waals surface area contributed by atoms with Crippen LogP contribution >= 0.6 is 0 Å². The zero-order valence-corrected chi connectivity index (χ0v) is 9.51. The minimum atomic E-state index is -0.928. The molecule has 1 unspecified atom stereocenters. The van der Waals surface area contributed by atoms with Crippen LogP contribution in [-0.4, -0.2) is 16.9 Å². The van der Waals surface area contributed by atoms with E-state index in [2.05, 4.69) is 0 Å². The summed E-state index contributed by atoms with van der Waals surface area (Å²) in [6, 6.07) is 8.84. The lowest BCUT2D eigenvalue weighted by molar-refractivity contribution is -0.138. The average Bonchev–Trinajstić information content (AvgIpc) is 2.25. The highest BCUT2D eigenvalue weighted by Crippen LogP contribution is 2.20. The summed E-state index contributed by atoms with van der Waals surface area (Å²) in [5, 5.41) is 8.78. The lowest BCUT2D eigenvalue weighted by atomic mass is 9.85. The summed E-state index contributed by atoms with van der Waals surface area (Å²) in [5.41, 5.74) is 0.586. The second kappa shape index (κ2) is 5.45. The molecule has 0 bridgehead atoms. The van der Waals surface area contributed by atoms with Gasteiger partial charge in [0, 0.05) is 11.5 Å². The number of carboxylic acid groups (broad SMARTS) is 1. The van der Waals surface area contributed by atoms with Crippen molar-refractivity contribution < 1.29 is 14.7 Å². The average molecular weight is 220 g/mol. The van der Waals surface area contributed by atoms with Gasteiger partial charge in [-0.05, 0) is 5.92 Å². The van der Waals surface area contributed by atoms with Gasteiger partial charge >= 0.3 is 5.97 Å². The molecule has 0 heterocycles. The third-order valence-electron chi connectivity index (χ3n) is 2.59. The molecule has 0 radical (unpaired) electrons. The molecule has 1 aromatic rings. The zero-order valence-electron chi connectivity index (χ0n) is 9.51. The molecule has 0 aromatic heterocycles. The van der Waals surface area contributed by atoms with Gasteiger partial charge in [0.15, 0.2) is 5.78 Å². The predicted molar refractivity (Wildman–Crippen MR) is 61.4 cm³/mol. The van der Waals surface area contributed by atoms with Gasteiger partial charge < -0.3 is 5.11 Å². The van der Waals surface area contributed by atoms with E-state index in [9.17, 15) is 9.59 Å². The van der Waals surface area contributed by atoms with Crippen molar-refractivity contribution >= 4 is 11.8 Å². The summed E-state index contributed by atoms with van der Waals surface area (Å²) in [6.45, 7) is 3.74. The van der Waals surface area contributed by atoms with E-state index in [1.807, 2.05) is 19.9 Å². The molecule has 0 saturated heterocycles. The van der Waals surface area contributed by atoms with Crippen molar-refractivity contribution in [2.45, 2.75) is 20.3 Å². The lowest BCUT2D eigenvalue weighted by Crippen LogP contribution is -2.23. The SMILES string of the molecule is CC(C)C(CC(=O)O)C(=O)c1ccccc1. The molecule has 3 nitrogen and oxygen atoms in total. The van der Waals surface area contributed by atoms with Gasteiger partial charge in [-0.25, -0.2) is 0 Å². The molecule has 0 aliphatic rings. The summed E-state index contributed by atoms with van der Waals surface area (Å²) in [7, 11) is 0. The molecule has 1 atom stereocenters. The summed E-state index contributed by atoms with van der Waals surface area (Å²) < 4.78 is 0. The van der Waals surface area contributed by atoms with Crippen LogP contribution in [0.4, 0.5) is 0 Å². The van der Waals surface area contributed by atoms with Crippen molar-refractivity contribution in [3.8, 4) is 0 Å². The van der Waals surface area contributed by atoms with Gasteiger partial charge in [0.2, 0.25) is 0 Å². The maximum atomic E-state index is 12.1. The smallest absolute Gasteiger partial charge is 0.304 e. The van der Waals surface area contributed by atoms with Crippen LogP contribution in [0, 0.1) is 11.8 Å². The first-order chi connectivity index (χ1) is 7.52. The highest BCUT2D eigenvalue weighted by molar-refractivity contribution is 5.99. The number of rotatable bonds is 5. The fraction of sp³-hybridized carbons (Fsp3) is 0.385. The van der Waals surface area contributed by atoms with Crippen molar-refractivity contribution in [1.82, 2.24) is 0 Å². The Bertz CT molecular complexity index is 368. The second-order valence-corrected chi connectivity index (χ2v) is 4.18. The van der Waals surface area contributed by atoms with Gasteiger partial charge in [-0.1, -0.05) is 44.2 Å². The fourth-order valence-corrected chi connectivity index (χ4v) is 1.64. The molecule has 1 rings (SSSR count). The van der Waals surface area contributed by atoms with E-state index in [0.717, 1.165) is 0 Å². The number of benzene rings is 1. The first-order valence-corrected chi connectivity index (χ1v) is 5.33. The van der Waals surface area contributed by atoms with Crippen LogP contribution in [0.25, 0.3) is 0 Å². The minimum Gasteiger partial charge on any atom is -0.481 e. The molecule has 1 aromatic carbocycles. The highest BCUT2D eigenvalue weighted by atomic mass is 16.4. The van der Waals surface area contributed by atoms with E-state index >= 15 is 0 Å². The number of hydrogen-bond acceptors (Lipinski definition) is 2. The number of carbonyl (C=O) groups excluding carboxylic acids is 1. The topological polar surface area (TPSA) is 54.4 Å². The second-order valence-electron chi connectivity index (χ2n) is 4.18. The Balaban J connectivity index is 2.88. The van der Waals surface area contributed by atoms with E-state index in [-0.39, 0.29) is 18.1 Å². The lowest BCUT2D eigenvalue weighted by Gasteiger charge is -2.17. The first-order valence-electron chi connectivity index (χ1n) is 5.33. The van der Waals surface area contributed by atoms with Gasteiger partial charge in [0.25, 0.3) is 0 Å². The molecule has 0 amide bonds. The molecule has 86 valence electrons. The Labute approximate surface area is 95.1 Å². The third kappa shape index (κ3) is 3.19. The molecule has 16 heavy (non-hydrogen) atoms. The Hall–Kier alpha value is -1.64. The van der Waals surface area contributed by atoms with Gasteiger partial charge in [-0.2, -0.15) is 0 Å². The van der Waals surface area contributed by atoms with E-state index < -0.39 is 11.9 Å². The van der Waals surface area contributed by atoms with Crippen molar-refractivity contribution in [3.63, 3.8) is 0 Å². The number of Topliss-reactive ketones (excluding diaryl/α,β-unsaturated/α-hetero) is 1. The molecule has 0 spiro atoms. The molecule has 0 saturated carbocycles. The van der Waals surface area contributed by atoms with Gasteiger partial charge in [0.1, 0.15) is 0 Å².